The van der Waals surface area contributed by atoms with Crippen molar-refractivity contribution in [1.29, 1.82) is 0 Å². The summed E-state index contributed by atoms with van der Waals surface area (Å²) in [7, 11) is -3.66. The summed E-state index contributed by atoms with van der Waals surface area (Å²) in [6, 6.07) is 0.917. The van der Waals surface area contributed by atoms with Gasteiger partial charge in [-0.15, -0.1) is 11.3 Å². The second kappa shape index (κ2) is 4.99. The average Bonchev–Trinajstić information content (AvgIpc) is 2.64. The van der Waals surface area contributed by atoms with E-state index in [1.165, 1.54) is 11.4 Å². The van der Waals surface area contributed by atoms with Crippen LogP contribution in [0.4, 0.5) is 0 Å². The Balaban J connectivity index is 2.96. The first-order chi connectivity index (χ1) is 8.04. The maximum Gasteiger partial charge on any atom is 0.345 e. The van der Waals surface area contributed by atoms with Crippen LogP contribution in [0.2, 0.25) is 0 Å². The average molecular weight is 291 g/mol. The van der Waals surface area contributed by atoms with Gasteiger partial charge in [0.15, 0.2) is 0 Å². The molecule has 2 N–H and O–H groups in total. The van der Waals surface area contributed by atoms with Gasteiger partial charge in [0.2, 0.25) is 10.0 Å². The van der Waals surface area contributed by atoms with E-state index in [4.69, 9.17) is 5.11 Å². The SMILES string of the molecule is CC(NS(=O)(=O)c1csc(C(=O)O)c1)C(C)(C)C. The number of hydrogen-bond donors (Lipinski definition) is 2. The van der Waals surface area contributed by atoms with Crippen molar-refractivity contribution in [2.45, 2.75) is 38.6 Å². The highest BCUT2D eigenvalue weighted by atomic mass is 32.2. The zero-order valence-corrected chi connectivity index (χ0v) is 12.4. The number of thiophene rings is 1. The monoisotopic (exact) mass is 291 g/mol. The molecule has 0 aliphatic heterocycles. The first-order valence-corrected chi connectivity index (χ1v) is 7.74. The molecule has 7 heteroatoms. The van der Waals surface area contributed by atoms with E-state index in [9.17, 15) is 13.2 Å². The molecule has 0 radical (unpaired) electrons. The van der Waals surface area contributed by atoms with E-state index in [-0.39, 0.29) is 21.2 Å². The standard InChI is InChI=1S/C11H17NO4S2/c1-7(11(2,3)4)12-18(15,16)8-5-9(10(13)14)17-6-8/h5-7,12H,1-4H3,(H,13,14). The Kier molecular flexibility index (Phi) is 4.19. The van der Waals surface area contributed by atoms with Crippen molar-refractivity contribution in [1.82, 2.24) is 4.72 Å². The van der Waals surface area contributed by atoms with Crippen LogP contribution in [0.5, 0.6) is 0 Å². The zero-order valence-electron chi connectivity index (χ0n) is 10.7. The molecule has 1 aromatic rings. The minimum Gasteiger partial charge on any atom is -0.477 e. The number of rotatable bonds is 4. The van der Waals surface area contributed by atoms with Crippen molar-refractivity contribution < 1.29 is 18.3 Å². The molecule has 1 heterocycles. The van der Waals surface area contributed by atoms with E-state index in [2.05, 4.69) is 4.72 Å². The van der Waals surface area contributed by atoms with Crippen molar-refractivity contribution in [2.75, 3.05) is 0 Å². The van der Waals surface area contributed by atoms with Crippen molar-refractivity contribution >= 4 is 27.3 Å². The zero-order chi connectivity index (χ0) is 14.1. The molecule has 1 unspecified atom stereocenters. The predicted octanol–water partition coefficient (Wildman–Crippen LogP) is 2.16. The first-order valence-electron chi connectivity index (χ1n) is 5.38. The smallest absolute Gasteiger partial charge is 0.345 e. The molecule has 1 atom stereocenters. The lowest BCUT2D eigenvalue weighted by molar-refractivity contribution is 0.0702. The Morgan fingerprint density at radius 2 is 2.00 bits per heavy atom. The number of carboxylic acid groups (broad SMARTS) is 1. The topological polar surface area (TPSA) is 83.5 Å². The molecular weight excluding hydrogens is 274 g/mol. The van der Waals surface area contributed by atoms with Crippen molar-refractivity contribution in [3.05, 3.63) is 16.3 Å². The molecule has 0 spiro atoms. The summed E-state index contributed by atoms with van der Waals surface area (Å²) in [5.41, 5.74) is -0.210. The third-order valence-electron chi connectivity index (χ3n) is 2.73. The van der Waals surface area contributed by atoms with Gasteiger partial charge in [0, 0.05) is 11.4 Å². The van der Waals surface area contributed by atoms with Crippen LogP contribution in [0, 0.1) is 5.41 Å². The second-order valence-corrected chi connectivity index (χ2v) is 7.79. The van der Waals surface area contributed by atoms with Crippen LogP contribution < -0.4 is 4.72 Å². The maximum atomic E-state index is 12.0. The number of carbonyl (C=O) groups is 1. The predicted molar refractivity (Wildman–Crippen MR) is 70.5 cm³/mol. The quantitative estimate of drug-likeness (QED) is 0.890. The molecule has 0 fully saturated rings. The lowest BCUT2D eigenvalue weighted by Crippen LogP contribution is -2.41. The molecule has 0 saturated carbocycles. The van der Waals surface area contributed by atoms with E-state index in [1.54, 1.807) is 6.92 Å². The number of aromatic carboxylic acids is 1. The molecule has 102 valence electrons. The molecular formula is C11H17NO4S2. The molecule has 0 amide bonds. The van der Waals surface area contributed by atoms with Gasteiger partial charge in [-0.05, 0) is 18.4 Å². The highest BCUT2D eigenvalue weighted by Crippen LogP contribution is 2.23. The Hall–Kier alpha value is -0.920. The molecule has 0 aromatic carbocycles. The largest absolute Gasteiger partial charge is 0.477 e. The number of carboxylic acids is 1. The Morgan fingerprint density at radius 1 is 1.44 bits per heavy atom. The number of hydrogen-bond acceptors (Lipinski definition) is 4. The summed E-state index contributed by atoms with van der Waals surface area (Å²) in [6.45, 7) is 7.56. The summed E-state index contributed by atoms with van der Waals surface area (Å²) < 4.78 is 26.6. The lowest BCUT2D eigenvalue weighted by Gasteiger charge is -2.27. The van der Waals surface area contributed by atoms with Gasteiger partial charge in [-0.25, -0.2) is 17.9 Å². The van der Waals surface area contributed by atoms with Crippen molar-refractivity contribution in [3.8, 4) is 0 Å². The lowest BCUT2D eigenvalue weighted by atomic mass is 9.89. The van der Waals surface area contributed by atoms with Crippen LogP contribution in [-0.4, -0.2) is 25.5 Å². The fourth-order valence-corrected chi connectivity index (χ4v) is 3.61. The van der Waals surface area contributed by atoms with Gasteiger partial charge in [0.25, 0.3) is 0 Å². The highest BCUT2D eigenvalue weighted by molar-refractivity contribution is 7.89. The molecule has 5 nitrogen and oxygen atoms in total. The van der Waals surface area contributed by atoms with Gasteiger partial charge in [0.05, 0.1) is 4.90 Å². The van der Waals surface area contributed by atoms with Crippen LogP contribution in [-0.2, 0) is 10.0 Å². The molecule has 1 rings (SSSR count). The van der Waals surface area contributed by atoms with Crippen LogP contribution in [0.25, 0.3) is 0 Å². The third kappa shape index (κ3) is 3.54. The number of sulfonamides is 1. The number of nitrogens with one attached hydrogen (secondary N) is 1. The van der Waals surface area contributed by atoms with Crippen LogP contribution in [0.15, 0.2) is 16.3 Å². The van der Waals surface area contributed by atoms with Crippen LogP contribution >= 0.6 is 11.3 Å². The van der Waals surface area contributed by atoms with E-state index in [0.29, 0.717) is 0 Å². The fraction of sp³-hybridized carbons (Fsp3) is 0.545. The summed E-state index contributed by atoms with van der Waals surface area (Å²) in [5, 5.41) is 10.1. The van der Waals surface area contributed by atoms with Gasteiger partial charge in [-0.2, -0.15) is 0 Å². The first kappa shape index (κ1) is 15.1. The Morgan fingerprint density at radius 3 is 2.39 bits per heavy atom. The van der Waals surface area contributed by atoms with Gasteiger partial charge >= 0.3 is 5.97 Å². The summed E-state index contributed by atoms with van der Waals surface area (Å²) in [6.07, 6.45) is 0. The minimum atomic E-state index is -3.66. The van der Waals surface area contributed by atoms with E-state index in [0.717, 1.165) is 11.3 Å². The molecule has 18 heavy (non-hydrogen) atoms. The van der Waals surface area contributed by atoms with Crippen molar-refractivity contribution in [2.24, 2.45) is 5.41 Å². The normalized spacial score (nSPS) is 14.4. The fourth-order valence-electron chi connectivity index (χ4n) is 1.05. The minimum absolute atomic E-state index is 0.000926. The van der Waals surface area contributed by atoms with Gasteiger partial charge in [-0.1, -0.05) is 20.8 Å². The maximum absolute atomic E-state index is 12.0. The van der Waals surface area contributed by atoms with Crippen LogP contribution in [0.1, 0.15) is 37.4 Å². The molecule has 0 saturated heterocycles. The highest BCUT2D eigenvalue weighted by Gasteiger charge is 2.27. The van der Waals surface area contributed by atoms with E-state index >= 15 is 0 Å². The Labute approximate surface area is 111 Å². The van der Waals surface area contributed by atoms with E-state index in [1.807, 2.05) is 20.8 Å². The van der Waals surface area contributed by atoms with Crippen LogP contribution in [0.3, 0.4) is 0 Å². The second-order valence-electron chi connectivity index (χ2n) is 5.16. The van der Waals surface area contributed by atoms with Gasteiger partial charge in [-0.3, -0.25) is 0 Å². The summed E-state index contributed by atoms with van der Waals surface area (Å²) in [4.78, 5) is 10.7. The Bertz CT molecular complexity index is 540. The van der Waals surface area contributed by atoms with E-state index < -0.39 is 16.0 Å². The molecule has 0 aliphatic carbocycles. The summed E-state index contributed by atoms with van der Waals surface area (Å²) >= 11 is 0.900. The molecule has 1 aromatic heterocycles. The third-order valence-corrected chi connectivity index (χ3v) is 5.31. The molecule has 0 aliphatic rings. The summed E-state index contributed by atoms with van der Waals surface area (Å²) in [5.74, 6) is -1.12. The van der Waals surface area contributed by atoms with Gasteiger partial charge in [0.1, 0.15) is 4.88 Å². The van der Waals surface area contributed by atoms with Gasteiger partial charge < -0.3 is 5.11 Å². The molecule has 0 bridgehead atoms. The van der Waals surface area contributed by atoms with Crippen molar-refractivity contribution in [3.63, 3.8) is 0 Å².